The Balaban J connectivity index is 2.34. The highest BCUT2D eigenvalue weighted by atomic mass is 19.4. The predicted molar refractivity (Wildman–Crippen MR) is 66.0 cm³/mol. The Kier molecular flexibility index (Phi) is 3.12. The zero-order chi connectivity index (χ0) is 13.2. The smallest absolute Gasteiger partial charge is 0.165 e. The first-order valence-corrected chi connectivity index (χ1v) is 5.24. The van der Waals surface area contributed by atoms with Gasteiger partial charge in [0.05, 0.1) is 5.57 Å². The summed E-state index contributed by atoms with van der Waals surface area (Å²) in [5.74, 6) is 4.51. The topological polar surface area (TPSA) is 0 Å². The third-order valence-corrected chi connectivity index (χ3v) is 2.45. The van der Waals surface area contributed by atoms with Crippen LogP contribution in [0, 0.1) is 11.8 Å². The minimum atomic E-state index is -4.45. The van der Waals surface area contributed by atoms with Gasteiger partial charge in [0, 0.05) is 5.56 Å². The van der Waals surface area contributed by atoms with Gasteiger partial charge in [-0.2, -0.15) is 13.2 Å². The first kappa shape index (κ1) is 12.3. The normalized spacial score (nSPS) is 10.8. The molecule has 3 heteroatoms. The Morgan fingerprint density at radius 3 is 2.33 bits per heavy atom. The van der Waals surface area contributed by atoms with E-state index in [9.17, 15) is 13.2 Å². The number of alkyl halides is 3. The van der Waals surface area contributed by atoms with Crippen LogP contribution in [-0.4, -0.2) is 6.18 Å². The van der Waals surface area contributed by atoms with Crippen molar-refractivity contribution in [2.24, 2.45) is 0 Å². The van der Waals surface area contributed by atoms with Gasteiger partial charge in [-0.1, -0.05) is 48.8 Å². The highest BCUT2D eigenvalue weighted by Crippen LogP contribution is 2.23. The number of rotatable bonds is 0. The van der Waals surface area contributed by atoms with Crippen molar-refractivity contribution in [1.29, 1.82) is 0 Å². The van der Waals surface area contributed by atoms with Gasteiger partial charge in [0.2, 0.25) is 0 Å². The van der Waals surface area contributed by atoms with Crippen LogP contribution in [0.3, 0.4) is 0 Å². The maximum Gasteiger partial charge on any atom is 0.423 e. The number of hydrogen-bond acceptors (Lipinski definition) is 0. The summed E-state index contributed by atoms with van der Waals surface area (Å²) in [6.07, 6.45) is -4.45. The van der Waals surface area contributed by atoms with Crippen LogP contribution < -0.4 is 0 Å². The van der Waals surface area contributed by atoms with E-state index in [0.717, 1.165) is 10.8 Å². The van der Waals surface area contributed by atoms with Gasteiger partial charge in [-0.25, -0.2) is 0 Å². The van der Waals surface area contributed by atoms with E-state index in [0.29, 0.717) is 5.56 Å². The van der Waals surface area contributed by atoms with Gasteiger partial charge in [0.1, 0.15) is 0 Å². The molecule has 2 aromatic carbocycles. The Morgan fingerprint density at radius 2 is 1.67 bits per heavy atom. The molecular weight excluding hydrogens is 237 g/mol. The molecule has 0 aromatic heterocycles. The van der Waals surface area contributed by atoms with Gasteiger partial charge in [-0.15, -0.1) is 0 Å². The molecule has 0 aliphatic carbocycles. The Hall–Kier alpha value is -2.21. The van der Waals surface area contributed by atoms with Gasteiger partial charge in [-0.3, -0.25) is 0 Å². The number of hydrogen-bond donors (Lipinski definition) is 0. The van der Waals surface area contributed by atoms with Crippen molar-refractivity contribution >= 4 is 10.8 Å². The summed E-state index contributed by atoms with van der Waals surface area (Å²) in [5.41, 5.74) is -0.491. The molecule has 0 N–H and O–H groups in total. The molecule has 90 valence electrons. The fourth-order valence-corrected chi connectivity index (χ4v) is 1.49. The molecule has 0 aliphatic rings. The van der Waals surface area contributed by atoms with Crippen molar-refractivity contribution in [3.63, 3.8) is 0 Å². The molecule has 0 saturated carbocycles. The summed E-state index contributed by atoms with van der Waals surface area (Å²) < 4.78 is 36.6. The van der Waals surface area contributed by atoms with E-state index in [4.69, 9.17) is 0 Å². The molecule has 0 bridgehead atoms. The van der Waals surface area contributed by atoms with Crippen molar-refractivity contribution in [1.82, 2.24) is 0 Å². The maximum atomic E-state index is 12.2. The monoisotopic (exact) mass is 246 g/mol. The fraction of sp³-hybridized carbons (Fsp3) is 0.0667. The molecule has 0 radical (unpaired) electrons. The van der Waals surface area contributed by atoms with E-state index >= 15 is 0 Å². The summed E-state index contributed by atoms with van der Waals surface area (Å²) in [6.45, 7) is 2.90. The van der Waals surface area contributed by atoms with Gasteiger partial charge >= 0.3 is 6.18 Å². The van der Waals surface area contributed by atoms with E-state index in [1.807, 2.05) is 36.3 Å². The van der Waals surface area contributed by atoms with Crippen molar-refractivity contribution < 1.29 is 13.2 Å². The maximum absolute atomic E-state index is 12.2. The molecule has 0 atom stereocenters. The van der Waals surface area contributed by atoms with Crippen molar-refractivity contribution in [3.05, 3.63) is 60.2 Å². The average molecular weight is 246 g/mol. The van der Waals surface area contributed by atoms with Crippen LogP contribution in [0.4, 0.5) is 13.2 Å². The van der Waals surface area contributed by atoms with E-state index in [-0.39, 0.29) is 0 Å². The lowest BCUT2D eigenvalue weighted by Crippen LogP contribution is -2.08. The first-order chi connectivity index (χ1) is 8.47. The lowest BCUT2D eigenvalue weighted by Gasteiger charge is -2.02. The molecule has 2 rings (SSSR count). The summed E-state index contributed by atoms with van der Waals surface area (Å²) in [5, 5.41) is 1.97. The van der Waals surface area contributed by atoms with Gasteiger partial charge in [0.25, 0.3) is 0 Å². The second kappa shape index (κ2) is 4.58. The van der Waals surface area contributed by atoms with Gasteiger partial charge in [0.15, 0.2) is 0 Å². The van der Waals surface area contributed by atoms with Crippen LogP contribution in [0.2, 0.25) is 0 Å². The van der Waals surface area contributed by atoms with E-state index in [1.54, 1.807) is 12.1 Å². The molecule has 2 aromatic rings. The standard InChI is InChI=1S/C15H9F3/c1-11(15(16,17)18)6-7-12-8-9-13-4-2-3-5-14(13)10-12/h2-5,8-10H,1H2. The van der Waals surface area contributed by atoms with Crippen molar-refractivity contribution in [3.8, 4) is 11.8 Å². The minimum Gasteiger partial charge on any atom is -0.165 e. The summed E-state index contributed by atoms with van der Waals surface area (Å²) in [4.78, 5) is 0. The highest BCUT2D eigenvalue weighted by molar-refractivity contribution is 5.83. The molecule has 0 amide bonds. The van der Waals surface area contributed by atoms with Crippen LogP contribution in [-0.2, 0) is 0 Å². The summed E-state index contributed by atoms with van der Waals surface area (Å²) in [6, 6.07) is 12.9. The second-order valence-electron chi connectivity index (χ2n) is 3.79. The lowest BCUT2D eigenvalue weighted by atomic mass is 10.1. The van der Waals surface area contributed by atoms with Crippen molar-refractivity contribution in [2.45, 2.75) is 6.18 Å². The van der Waals surface area contributed by atoms with E-state index < -0.39 is 11.7 Å². The molecule has 0 unspecified atom stereocenters. The quantitative estimate of drug-likeness (QED) is 0.607. The largest absolute Gasteiger partial charge is 0.423 e. The first-order valence-electron chi connectivity index (χ1n) is 5.24. The van der Waals surface area contributed by atoms with Crippen LogP contribution in [0.15, 0.2) is 54.6 Å². The molecule has 0 heterocycles. The highest BCUT2D eigenvalue weighted by Gasteiger charge is 2.30. The zero-order valence-electron chi connectivity index (χ0n) is 9.38. The third kappa shape index (κ3) is 2.72. The van der Waals surface area contributed by atoms with Crippen LogP contribution in [0.1, 0.15) is 5.56 Å². The Labute approximate surface area is 103 Å². The lowest BCUT2D eigenvalue weighted by molar-refractivity contribution is -0.0868. The third-order valence-electron chi connectivity index (χ3n) is 2.45. The van der Waals surface area contributed by atoms with E-state index in [2.05, 4.69) is 12.5 Å². The second-order valence-corrected chi connectivity index (χ2v) is 3.79. The molecule has 18 heavy (non-hydrogen) atoms. The average Bonchev–Trinajstić information content (AvgIpc) is 2.34. The number of benzene rings is 2. The zero-order valence-corrected chi connectivity index (χ0v) is 9.38. The number of halogens is 3. The summed E-state index contributed by atoms with van der Waals surface area (Å²) in [7, 11) is 0. The van der Waals surface area contributed by atoms with Crippen molar-refractivity contribution in [2.75, 3.05) is 0 Å². The molecule has 0 nitrogen and oxygen atoms in total. The molecule has 0 saturated heterocycles. The molecule has 0 spiro atoms. The number of allylic oxidation sites excluding steroid dienone is 1. The Morgan fingerprint density at radius 1 is 1.00 bits per heavy atom. The molecule has 0 fully saturated rings. The SMILES string of the molecule is C=C(C#Cc1ccc2ccccc2c1)C(F)(F)F. The Bertz CT molecular complexity index is 654. The number of fused-ring (bicyclic) bond motifs is 1. The minimum absolute atomic E-state index is 0.541. The van der Waals surface area contributed by atoms with Gasteiger partial charge in [-0.05, 0) is 22.9 Å². The van der Waals surface area contributed by atoms with Crippen LogP contribution in [0.5, 0.6) is 0 Å². The molecule has 0 aliphatic heterocycles. The van der Waals surface area contributed by atoms with Crippen LogP contribution in [0.25, 0.3) is 10.8 Å². The van der Waals surface area contributed by atoms with E-state index in [1.165, 1.54) is 0 Å². The fourth-order valence-electron chi connectivity index (χ4n) is 1.49. The predicted octanol–water partition coefficient (Wildman–Crippen LogP) is 4.31. The van der Waals surface area contributed by atoms with Gasteiger partial charge < -0.3 is 0 Å². The summed E-state index contributed by atoms with van der Waals surface area (Å²) >= 11 is 0. The van der Waals surface area contributed by atoms with Crippen LogP contribution >= 0.6 is 0 Å². The molecular formula is C15H9F3.